The SMILES string of the molecule is CC.CC.COPN(CCc1ccc(O)cc1)POC. The molecule has 1 N–H and O–H groups in total. The fraction of sp³-hybridized carbons (Fsp3) is 0.571. The van der Waals surface area contributed by atoms with E-state index in [2.05, 4.69) is 4.44 Å². The summed E-state index contributed by atoms with van der Waals surface area (Å²) in [7, 11) is 4.04. The highest BCUT2D eigenvalue weighted by atomic mass is 31.2. The van der Waals surface area contributed by atoms with Crippen LogP contribution in [0.3, 0.4) is 0 Å². The molecular weight excluding hydrogens is 292 g/mol. The van der Waals surface area contributed by atoms with Crippen LogP contribution < -0.4 is 0 Å². The molecule has 1 rings (SSSR count). The molecule has 0 fully saturated rings. The highest BCUT2D eigenvalue weighted by Crippen LogP contribution is 2.32. The summed E-state index contributed by atoms with van der Waals surface area (Å²) < 4.78 is 12.3. The van der Waals surface area contributed by atoms with E-state index in [1.807, 2.05) is 39.8 Å². The van der Waals surface area contributed by atoms with Crippen LogP contribution >= 0.6 is 17.9 Å². The average Bonchev–Trinajstić information content (AvgIpc) is 2.51. The molecule has 0 amide bonds. The molecule has 0 aliphatic rings. The molecule has 0 saturated carbocycles. The van der Waals surface area contributed by atoms with Crippen molar-refractivity contribution in [3.8, 4) is 5.75 Å². The summed E-state index contributed by atoms with van der Waals surface area (Å²) >= 11 is 0. The van der Waals surface area contributed by atoms with Crippen LogP contribution in [0.25, 0.3) is 0 Å². The lowest BCUT2D eigenvalue weighted by molar-refractivity contribution is 0.417. The van der Waals surface area contributed by atoms with Gasteiger partial charge in [0.1, 0.15) is 5.75 Å². The van der Waals surface area contributed by atoms with Crippen molar-refractivity contribution in [2.45, 2.75) is 34.1 Å². The molecule has 0 aromatic heterocycles. The Kier molecular flexibility index (Phi) is 18.5. The van der Waals surface area contributed by atoms with E-state index in [4.69, 9.17) is 14.2 Å². The standard InChI is InChI=1S/C10H17NO3P2.2C2H6/c1-13-15-11(16-14-2)8-7-9-3-5-10(12)6-4-9;2*1-2/h3-6,12,15-16H,7-8H2,1-2H3;2*1-2H3. The van der Waals surface area contributed by atoms with Gasteiger partial charge in [0, 0.05) is 20.8 Å². The molecule has 0 heterocycles. The fourth-order valence-electron chi connectivity index (χ4n) is 1.23. The van der Waals surface area contributed by atoms with Gasteiger partial charge in [0.05, 0.1) is 17.9 Å². The van der Waals surface area contributed by atoms with Gasteiger partial charge in [0.2, 0.25) is 0 Å². The molecule has 1 aromatic carbocycles. The molecule has 118 valence electrons. The van der Waals surface area contributed by atoms with Crippen LogP contribution in [0.4, 0.5) is 0 Å². The molecule has 0 radical (unpaired) electrons. The maximum Gasteiger partial charge on any atom is 0.115 e. The Morgan fingerprint density at radius 1 is 0.950 bits per heavy atom. The van der Waals surface area contributed by atoms with Crippen LogP contribution in [0, 0.1) is 0 Å². The smallest absolute Gasteiger partial charge is 0.115 e. The van der Waals surface area contributed by atoms with E-state index in [1.165, 1.54) is 5.56 Å². The van der Waals surface area contributed by atoms with E-state index in [1.54, 1.807) is 26.4 Å². The monoisotopic (exact) mass is 321 g/mol. The molecule has 0 spiro atoms. The average molecular weight is 321 g/mol. The van der Waals surface area contributed by atoms with Crippen LogP contribution in [-0.2, 0) is 15.5 Å². The normalized spacial score (nSPS) is 10.6. The Balaban J connectivity index is 0. The lowest BCUT2D eigenvalue weighted by Crippen LogP contribution is -2.08. The first-order valence-corrected chi connectivity index (χ1v) is 8.60. The van der Waals surface area contributed by atoms with Crippen LogP contribution in [0.2, 0.25) is 0 Å². The lowest BCUT2D eigenvalue weighted by Gasteiger charge is -2.18. The lowest BCUT2D eigenvalue weighted by atomic mass is 10.1. The Bertz CT molecular complexity index is 291. The predicted octanol–water partition coefficient (Wildman–Crippen LogP) is 4.60. The van der Waals surface area contributed by atoms with Gasteiger partial charge in [0.25, 0.3) is 0 Å². The van der Waals surface area contributed by atoms with Crippen molar-refractivity contribution in [2.24, 2.45) is 0 Å². The van der Waals surface area contributed by atoms with E-state index in [-0.39, 0.29) is 0 Å². The molecule has 2 unspecified atom stereocenters. The van der Waals surface area contributed by atoms with Crippen LogP contribution in [-0.4, -0.2) is 30.3 Å². The summed E-state index contributed by atoms with van der Waals surface area (Å²) in [6.07, 6.45) is 0.924. The molecule has 0 saturated heterocycles. The van der Waals surface area contributed by atoms with E-state index in [0.29, 0.717) is 23.7 Å². The van der Waals surface area contributed by atoms with E-state index in [0.717, 1.165) is 13.0 Å². The van der Waals surface area contributed by atoms with Crippen molar-refractivity contribution in [1.82, 2.24) is 4.44 Å². The van der Waals surface area contributed by atoms with E-state index < -0.39 is 0 Å². The van der Waals surface area contributed by atoms with Crippen LogP contribution in [0.1, 0.15) is 33.3 Å². The van der Waals surface area contributed by atoms with E-state index in [9.17, 15) is 0 Å². The van der Waals surface area contributed by atoms with Gasteiger partial charge in [-0.15, -0.1) is 0 Å². The minimum atomic E-state index is 0.304. The van der Waals surface area contributed by atoms with Crippen LogP contribution in [0.15, 0.2) is 24.3 Å². The number of hydrogen-bond donors (Lipinski definition) is 1. The highest BCUT2D eigenvalue weighted by Gasteiger charge is 2.04. The van der Waals surface area contributed by atoms with Gasteiger partial charge in [-0.2, -0.15) is 0 Å². The molecule has 0 aliphatic heterocycles. The first-order chi connectivity index (χ1) is 9.76. The topological polar surface area (TPSA) is 41.9 Å². The van der Waals surface area contributed by atoms with Gasteiger partial charge < -0.3 is 14.2 Å². The zero-order chi connectivity index (χ0) is 15.8. The quantitative estimate of drug-likeness (QED) is 0.745. The molecular formula is C14H29NO3P2. The third kappa shape index (κ3) is 11.6. The molecule has 0 aliphatic carbocycles. The number of hydrogen-bond acceptors (Lipinski definition) is 4. The zero-order valence-electron chi connectivity index (χ0n) is 13.4. The number of nitrogens with zero attached hydrogens (tertiary/aromatic N) is 1. The van der Waals surface area contributed by atoms with Gasteiger partial charge in [0.15, 0.2) is 0 Å². The van der Waals surface area contributed by atoms with Crippen LogP contribution in [0.5, 0.6) is 5.75 Å². The van der Waals surface area contributed by atoms with Gasteiger partial charge in [-0.3, -0.25) is 0 Å². The summed E-state index contributed by atoms with van der Waals surface area (Å²) in [4.78, 5) is 0. The second-order valence-electron chi connectivity index (χ2n) is 3.16. The Morgan fingerprint density at radius 2 is 1.40 bits per heavy atom. The summed E-state index contributed by atoms with van der Waals surface area (Å²) in [5.41, 5.74) is 1.20. The summed E-state index contributed by atoms with van der Waals surface area (Å²) in [5, 5.41) is 9.15. The van der Waals surface area contributed by atoms with Crippen molar-refractivity contribution in [3.63, 3.8) is 0 Å². The van der Waals surface area contributed by atoms with Gasteiger partial charge in [-0.05, 0) is 24.1 Å². The highest BCUT2D eigenvalue weighted by molar-refractivity contribution is 7.46. The first kappa shape index (κ1) is 22.0. The summed E-state index contributed by atoms with van der Waals surface area (Å²) in [5.74, 6) is 0.304. The Hall–Kier alpha value is -0.240. The zero-order valence-corrected chi connectivity index (χ0v) is 15.4. The number of phenolic OH excluding ortho intramolecular Hbond substituents is 1. The fourth-order valence-corrected chi connectivity index (χ4v) is 2.78. The maximum atomic E-state index is 9.15. The minimum absolute atomic E-state index is 0.304. The Labute approximate surface area is 127 Å². The Morgan fingerprint density at radius 3 is 1.80 bits per heavy atom. The predicted molar refractivity (Wildman–Crippen MR) is 91.9 cm³/mol. The van der Waals surface area contributed by atoms with Crippen molar-refractivity contribution < 1.29 is 14.2 Å². The second-order valence-corrected chi connectivity index (χ2v) is 5.87. The van der Waals surface area contributed by atoms with Crippen molar-refractivity contribution in [3.05, 3.63) is 29.8 Å². The number of benzene rings is 1. The van der Waals surface area contributed by atoms with Crippen molar-refractivity contribution >= 4 is 17.9 Å². The summed E-state index contributed by atoms with van der Waals surface area (Å²) in [6, 6.07) is 7.27. The largest absolute Gasteiger partial charge is 0.508 e. The molecule has 6 heteroatoms. The molecule has 20 heavy (non-hydrogen) atoms. The first-order valence-electron chi connectivity index (χ1n) is 6.89. The second kappa shape index (κ2) is 16.8. The van der Waals surface area contributed by atoms with Crippen molar-refractivity contribution in [1.29, 1.82) is 0 Å². The molecule has 1 aromatic rings. The van der Waals surface area contributed by atoms with Gasteiger partial charge in [-0.25, -0.2) is 4.44 Å². The van der Waals surface area contributed by atoms with E-state index >= 15 is 0 Å². The van der Waals surface area contributed by atoms with Gasteiger partial charge in [-0.1, -0.05) is 39.8 Å². The minimum Gasteiger partial charge on any atom is -0.508 e. The maximum absolute atomic E-state index is 9.15. The number of rotatable bonds is 7. The third-order valence-electron chi connectivity index (χ3n) is 1.96. The van der Waals surface area contributed by atoms with Crippen molar-refractivity contribution in [2.75, 3.05) is 20.8 Å². The number of aromatic hydroxyl groups is 1. The van der Waals surface area contributed by atoms with Gasteiger partial charge >= 0.3 is 0 Å². The number of phenols is 1. The molecule has 4 nitrogen and oxygen atoms in total. The third-order valence-corrected chi connectivity index (χ3v) is 3.76. The summed E-state index contributed by atoms with van der Waals surface area (Å²) in [6.45, 7) is 8.89. The molecule has 0 bridgehead atoms. The molecule has 2 atom stereocenters.